The third kappa shape index (κ3) is 6.68. The minimum Gasteiger partial charge on any atom is -0.465 e. The summed E-state index contributed by atoms with van der Waals surface area (Å²) in [4.78, 5) is 30.9. The van der Waals surface area contributed by atoms with Crippen molar-refractivity contribution in [1.82, 2.24) is 15.1 Å². The fourth-order valence-corrected chi connectivity index (χ4v) is 5.19. The highest BCUT2D eigenvalue weighted by Crippen LogP contribution is 2.23. The lowest BCUT2D eigenvalue weighted by atomic mass is 10.1. The lowest BCUT2D eigenvalue weighted by Crippen LogP contribution is -2.33. The maximum absolute atomic E-state index is 12.5. The van der Waals surface area contributed by atoms with Gasteiger partial charge in [-0.25, -0.2) is 13.2 Å². The average molecular weight is 519 g/mol. The molecule has 0 aliphatic carbocycles. The van der Waals surface area contributed by atoms with Gasteiger partial charge in [-0.3, -0.25) is 20.0 Å². The van der Waals surface area contributed by atoms with Crippen LogP contribution in [0.5, 0.6) is 0 Å². The van der Waals surface area contributed by atoms with Crippen LogP contribution in [-0.4, -0.2) is 73.7 Å². The highest BCUT2D eigenvalue weighted by atomic mass is 35.5. The van der Waals surface area contributed by atoms with Crippen LogP contribution in [-0.2, 0) is 21.2 Å². The Hall–Kier alpha value is -3.21. The van der Waals surface area contributed by atoms with E-state index in [2.05, 4.69) is 10.3 Å². The Morgan fingerprint density at radius 3 is 2.63 bits per heavy atom. The molecule has 0 radical (unpaired) electrons. The number of nitrogens with one attached hydrogen (secondary N) is 1. The Labute approximate surface area is 209 Å². The lowest BCUT2D eigenvalue weighted by molar-refractivity contribution is -0.125. The number of hydrogen-bond donors (Lipinski definition) is 2. The monoisotopic (exact) mass is 518 g/mol. The van der Waals surface area contributed by atoms with Gasteiger partial charge in [-0.1, -0.05) is 48.0 Å². The Morgan fingerprint density at radius 2 is 1.94 bits per heavy atom. The van der Waals surface area contributed by atoms with Crippen LogP contribution in [0.15, 0.2) is 64.5 Å². The van der Waals surface area contributed by atoms with Gasteiger partial charge in [-0.2, -0.15) is 0 Å². The number of benzene rings is 2. The number of amidine groups is 1. The summed E-state index contributed by atoms with van der Waals surface area (Å²) in [5.74, 6) is -0.0856. The molecule has 11 heteroatoms. The van der Waals surface area contributed by atoms with E-state index in [1.807, 2.05) is 12.1 Å². The van der Waals surface area contributed by atoms with Crippen molar-refractivity contribution in [3.63, 3.8) is 0 Å². The molecule has 1 aliphatic rings. The smallest absolute Gasteiger partial charge is 0.413 e. The molecule has 0 unspecified atom stereocenters. The molecule has 1 aliphatic heterocycles. The van der Waals surface area contributed by atoms with Crippen molar-refractivity contribution >= 4 is 39.3 Å². The van der Waals surface area contributed by atoms with Crippen LogP contribution in [0.25, 0.3) is 0 Å². The maximum Gasteiger partial charge on any atom is 0.413 e. The molecule has 1 heterocycles. The Bertz CT molecular complexity index is 1260. The number of likely N-dealkylation sites (N-methyl/N-ethyl adjacent to an activating group) is 1. The average Bonchev–Trinajstić information content (AvgIpc) is 3.31. The molecular weight excluding hydrogens is 492 g/mol. The highest BCUT2D eigenvalue weighted by molar-refractivity contribution is 7.91. The third-order valence-electron chi connectivity index (χ3n) is 5.45. The standard InChI is InChI=1S/C24H27ClN4O5S/c1-17-20(25)5-3-6-21(17)35(33,34)16-26-12-4-7-22(30)28(2)15-18-8-10-19(11-9-18)23-27-13-14-29(23)24(31)32/h3-11,26H,12-16H2,1-2H3,(H,31,32). The van der Waals surface area contributed by atoms with Gasteiger partial charge in [0.1, 0.15) is 11.7 Å². The first kappa shape index (κ1) is 26.4. The minimum absolute atomic E-state index is 0.180. The molecule has 0 bridgehead atoms. The van der Waals surface area contributed by atoms with Crippen LogP contribution in [0.2, 0.25) is 5.02 Å². The van der Waals surface area contributed by atoms with Crippen molar-refractivity contribution in [2.24, 2.45) is 4.99 Å². The van der Waals surface area contributed by atoms with Gasteiger partial charge in [-0.05, 0) is 30.2 Å². The van der Waals surface area contributed by atoms with Gasteiger partial charge < -0.3 is 10.0 Å². The van der Waals surface area contributed by atoms with Crippen LogP contribution in [0.1, 0.15) is 16.7 Å². The molecule has 9 nitrogen and oxygen atoms in total. The normalized spacial score (nSPS) is 13.8. The molecule has 0 aromatic heterocycles. The zero-order valence-corrected chi connectivity index (χ0v) is 21.0. The first-order valence-electron chi connectivity index (χ1n) is 10.8. The minimum atomic E-state index is -3.56. The lowest BCUT2D eigenvalue weighted by Gasteiger charge is -2.17. The quantitative estimate of drug-likeness (QED) is 0.389. The Balaban J connectivity index is 1.48. The first-order chi connectivity index (χ1) is 16.6. The third-order valence-corrected chi connectivity index (χ3v) is 7.55. The van der Waals surface area contributed by atoms with Crippen molar-refractivity contribution in [3.8, 4) is 0 Å². The number of hydrogen-bond acceptors (Lipinski definition) is 6. The van der Waals surface area contributed by atoms with E-state index < -0.39 is 15.9 Å². The molecule has 0 saturated heterocycles. The molecule has 3 rings (SSSR count). The summed E-state index contributed by atoms with van der Waals surface area (Å²) in [5.41, 5.74) is 2.09. The van der Waals surface area contributed by atoms with Gasteiger partial charge in [0.2, 0.25) is 5.91 Å². The van der Waals surface area contributed by atoms with Gasteiger partial charge in [0.05, 0.1) is 18.0 Å². The van der Waals surface area contributed by atoms with Crippen LogP contribution in [0.4, 0.5) is 4.79 Å². The van der Waals surface area contributed by atoms with Gasteiger partial charge in [0.15, 0.2) is 9.84 Å². The predicted octanol–water partition coefficient (Wildman–Crippen LogP) is 2.92. The van der Waals surface area contributed by atoms with Crippen molar-refractivity contribution in [1.29, 1.82) is 0 Å². The molecule has 186 valence electrons. The highest BCUT2D eigenvalue weighted by Gasteiger charge is 2.24. The summed E-state index contributed by atoms with van der Waals surface area (Å²) in [5, 5.41) is 12.5. The molecule has 2 aromatic carbocycles. The molecule has 0 saturated carbocycles. The van der Waals surface area contributed by atoms with Gasteiger partial charge >= 0.3 is 6.09 Å². The van der Waals surface area contributed by atoms with E-state index >= 15 is 0 Å². The van der Waals surface area contributed by atoms with Crippen molar-refractivity contribution in [3.05, 3.63) is 76.3 Å². The molecule has 2 N–H and O–H groups in total. The van der Waals surface area contributed by atoms with Crippen molar-refractivity contribution < 1.29 is 23.1 Å². The second-order valence-electron chi connectivity index (χ2n) is 8.01. The molecule has 0 atom stereocenters. The van der Waals surface area contributed by atoms with E-state index in [1.165, 1.54) is 21.9 Å². The zero-order valence-electron chi connectivity index (χ0n) is 19.4. The maximum atomic E-state index is 12.5. The molecule has 2 aromatic rings. The van der Waals surface area contributed by atoms with Crippen LogP contribution in [0.3, 0.4) is 0 Å². The zero-order chi connectivity index (χ0) is 25.6. The number of carbonyl (C=O) groups excluding carboxylic acids is 1. The van der Waals surface area contributed by atoms with Crippen LogP contribution >= 0.6 is 11.6 Å². The fourth-order valence-electron chi connectivity index (χ4n) is 3.56. The van der Waals surface area contributed by atoms with Crippen LogP contribution < -0.4 is 5.32 Å². The second kappa shape index (κ2) is 11.5. The molecule has 0 spiro atoms. The summed E-state index contributed by atoms with van der Waals surface area (Å²) in [7, 11) is -1.90. The van der Waals surface area contributed by atoms with E-state index in [0.717, 1.165) is 5.56 Å². The number of sulfone groups is 1. The number of nitrogens with zero attached hydrogens (tertiary/aromatic N) is 3. The van der Waals surface area contributed by atoms with Crippen LogP contribution in [0, 0.1) is 6.92 Å². The number of carbonyl (C=O) groups is 2. The van der Waals surface area contributed by atoms with Crippen molar-refractivity contribution in [2.45, 2.75) is 18.4 Å². The van der Waals surface area contributed by atoms with E-state index in [0.29, 0.717) is 41.6 Å². The fraction of sp³-hybridized carbons (Fsp3) is 0.292. The number of aliphatic imine (C=N–C) groups is 1. The van der Waals surface area contributed by atoms with E-state index in [9.17, 15) is 23.1 Å². The van der Waals surface area contributed by atoms with Gasteiger partial charge in [0.25, 0.3) is 0 Å². The molecule has 2 amide bonds. The largest absolute Gasteiger partial charge is 0.465 e. The summed E-state index contributed by atoms with van der Waals surface area (Å²) >= 11 is 6.01. The second-order valence-corrected chi connectivity index (χ2v) is 10.4. The summed E-state index contributed by atoms with van der Waals surface area (Å²) in [6, 6.07) is 12.0. The Morgan fingerprint density at radius 1 is 1.23 bits per heavy atom. The number of amides is 2. The first-order valence-corrected chi connectivity index (χ1v) is 12.9. The summed E-state index contributed by atoms with van der Waals surface area (Å²) in [6.07, 6.45) is 1.92. The summed E-state index contributed by atoms with van der Waals surface area (Å²) < 4.78 is 25.0. The number of halogens is 1. The van der Waals surface area contributed by atoms with E-state index in [1.54, 1.807) is 44.3 Å². The SMILES string of the molecule is Cc1c(Cl)cccc1S(=O)(=O)CNCC=CC(=O)N(C)Cc1ccc(C2=NCCN2C(=O)O)cc1. The molecule has 0 fully saturated rings. The number of rotatable bonds is 9. The van der Waals surface area contributed by atoms with Crippen molar-refractivity contribution in [2.75, 3.05) is 32.6 Å². The molecule has 35 heavy (non-hydrogen) atoms. The Kier molecular flexibility index (Phi) is 8.66. The summed E-state index contributed by atoms with van der Waals surface area (Å²) in [6.45, 7) is 3.00. The van der Waals surface area contributed by atoms with E-state index in [-0.39, 0.29) is 23.2 Å². The number of carboxylic acid groups (broad SMARTS) is 1. The predicted molar refractivity (Wildman–Crippen MR) is 134 cm³/mol. The van der Waals surface area contributed by atoms with Gasteiger partial charge in [0, 0.05) is 36.8 Å². The van der Waals surface area contributed by atoms with E-state index in [4.69, 9.17) is 11.6 Å². The topological polar surface area (TPSA) is 119 Å². The molecular formula is C24H27ClN4O5S. The van der Waals surface area contributed by atoms with Gasteiger partial charge in [-0.15, -0.1) is 0 Å².